The summed E-state index contributed by atoms with van der Waals surface area (Å²) < 4.78 is 0. The molecule has 11 heteroatoms. The lowest BCUT2D eigenvalue weighted by atomic mass is 9.58. The van der Waals surface area contributed by atoms with Crippen molar-refractivity contribution in [2.45, 2.75) is 38.0 Å². The number of aromatic hydroxyl groups is 1. The van der Waals surface area contributed by atoms with E-state index < -0.39 is 58.0 Å². The second-order valence-electron chi connectivity index (χ2n) is 10.6. The Morgan fingerprint density at radius 3 is 2.59 bits per heavy atom. The Kier molecular flexibility index (Phi) is 6.23. The first-order valence-corrected chi connectivity index (χ1v) is 12.5. The number of Topliss-reactive ketones (excluding diaryl/α,β-unsaturated/α-hetero) is 2. The summed E-state index contributed by atoms with van der Waals surface area (Å²) in [6.45, 7) is 2.21. The molecule has 11 nitrogen and oxygen atoms in total. The monoisotopic (exact) mass is 534 g/mol. The van der Waals surface area contributed by atoms with Crippen LogP contribution in [0.3, 0.4) is 0 Å². The summed E-state index contributed by atoms with van der Waals surface area (Å²) in [5, 5.41) is 48.0. The molecule has 1 heterocycles. The number of hydrogen-bond donors (Lipinski definition) is 6. The number of phenols is 1. The molecule has 0 unspecified atom stereocenters. The maximum Gasteiger partial charge on any atom is 0.255 e. The summed E-state index contributed by atoms with van der Waals surface area (Å²) >= 11 is 0. The molecular weight excluding hydrogens is 504 g/mol. The Morgan fingerprint density at radius 2 is 1.97 bits per heavy atom. The third kappa shape index (κ3) is 3.80. The maximum absolute atomic E-state index is 13.8. The lowest BCUT2D eigenvalue weighted by molar-refractivity contribution is -0.148. The summed E-state index contributed by atoms with van der Waals surface area (Å²) in [5.41, 5.74) is 4.65. The van der Waals surface area contributed by atoms with E-state index in [1.54, 1.807) is 32.6 Å². The van der Waals surface area contributed by atoms with Gasteiger partial charge in [0.05, 0.1) is 17.3 Å². The van der Waals surface area contributed by atoms with Crippen molar-refractivity contribution in [3.63, 3.8) is 0 Å². The molecule has 204 valence electrons. The molecule has 5 rings (SSSR count). The average Bonchev–Trinajstić information content (AvgIpc) is 2.87. The van der Waals surface area contributed by atoms with Crippen molar-refractivity contribution < 1.29 is 34.8 Å². The number of nitrogens with one attached hydrogen (secondary N) is 1. The lowest BCUT2D eigenvalue weighted by Gasteiger charge is -2.50. The van der Waals surface area contributed by atoms with E-state index in [4.69, 9.17) is 5.73 Å². The van der Waals surface area contributed by atoms with Gasteiger partial charge in [0.25, 0.3) is 5.91 Å². The molecular formula is C28H30N4O7. The minimum absolute atomic E-state index is 0.00147. The van der Waals surface area contributed by atoms with E-state index in [0.717, 1.165) is 16.8 Å². The highest BCUT2D eigenvalue weighted by molar-refractivity contribution is 6.24. The summed E-state index contributed by atoms with van der Waals surface area (Å²) in [6.07, 6.45) is 3.61. The van der Waals surface area contributed by atoms with Crippen LogP contribution in [0.5, 0.6) is 5.75 Å². The summed E-state index contributed by atoms with van der Waals surface area (Å²) in [7, 11) is 3.19. The van der Waals surface area contributed by atoms with Crippen LogP contribution >= 0.6 is 0 Å². The molecule has 0 aliphatic heterocycles. The van der Waals surface area contributed by atoms with Crippen LogP contribution < -0.4 is 11.1 Å². The summed E-state index contributed by atoms with van der Waals surface area (Å²) in [6, 6.07) is 4.10. The van der Waals surface area contributed by atoms with Crippen molar-refractivity contribution in [3.05, 3.63) is 75.5 Å². The largest absolute Gasteiger partial charge is 0.510 e. The number of carbonyl (C=O) groups is 3. The number of primary amides is 1. The van der Waals surface area contributed by atoms with Gasteiger partial charge in [0.2, 0.25) is 5.78 Å². The van der Waals surface area contributed by atoms with Gasteiger partial charge in [-0.15, -0.1) is 0 Å². The predicted molar refractivity (Wildman–Crippen MR) is 140 cm³/mol. The number of likely N-dealkylation sites (N-methyl/N-ethyl adjacent to an activating group) is 1. The van der Waals surface area contributed by atoms with Crippen LogP contribution in [-0.2, 0) is 22.6 Å². The number of carbonyl (C=O) groups excluding carboxylic acids is 3. The zero-order valence-electron chi connectivity index (χ0n) is 21.7. The van der Waals surface area contributed by atoms with Crippen molar-refractivity contribution in [1.82, 2.24) is 9.88 Å². The first-order chi connectivity index (χ1) is 18.4. The first kappa shape index (κ1) is 26.4. The van der Waals surface area contributed by atoms with Crippen LogP contribution in [0.2, 0.25) is 0 Å². The molecule has 2 aromatic rings. The quantitative estimate of drug-likeness (QED) is 0.307. The van der Waals surface area contributed by atoms with E-state index in [2.05, 4.69) is 10.3 Å². The van der Waals surface area contributed by atoms with Gasteiger partial charge in [-0.25, -0.2) is 0 Å². The fourth-order valence-electron chi connectivity index (χ4n) is 6.39. The normalized spacial score (nSPS) is 26.3. The number of pyridine rings is 1. The third-order valence-corrected chi connectivity index (χ3v) is 8.26. The van der Waals surface area contributed by atoms with E-state index in [-0.39, 0.29) is 29.7 Å². The number of benzene rings is 1. The Hall–Kier alpha value is -4.22. The van der Waals surface area contributed by atoms with E-state index >= 15 is 0 Å². The standard InChI is InChI=1S/C28H30N4O7/c1-12-14(10-31-15-5-4-6-30-11-15)9-18(33)20-16(12)7-13-8-17-22(32(2)3)24(35)21(27(29)38)26(37)28(17,39)25(36)19(13)23(20)34/h4-6,9,11,13,17,22,31,33,35-36,39H,7-8,10H2,1-3H3,(H2,29,38)/t13-,17-,22-,28-/m0/s1. The van der Waals surface area contributed by atoms with E-state index in [1.165, 1.54) is 11.0 Å². The molecule has 3 aliphatic carbocycles. The number of aromatic nitrogens is 1. The van der Waals surface area contributed by atoms with Gasteiger partial charge in [0.15, 0.2) is 11.4 Å². The number of hydrogen-bond acceptors (Lipinski definition) is 10. The number of nitrogens with zero attached hydrogens (tertiary/aromatic N) is 2. The molecule has 3 aliphatic rings. The van der Waals surface area contributed by atoms with Crippen LogP contribution in [0, 0.1) is 18.8 Å². The van der Waals surface area contributed by atoms with Crippen molar-refractivity contribution in [3.8, 4) is 5.75 Å². The Morgan fingerprint density at radius 1 is 1.26 bits per heavy atom. The zero-order valence-corrected chi connectivity index (χ0v) is 21.7. The first-order valence-electron chi connectivity index (χ1n) is 12.5. The molecule has 0 fully saturated rings. The lowest BCUT2D eigenvalue weighted by Crippen LogP contribution is -2.63. The van der Waals surface area contributed by atoms with E-state index in [9.17, 15) is 34.8 Å². The van der Waals surface area contributed by atoms with Crippen LogP contribution in [-0.4, -0.2) is 73.5 Å². The van der Waals surface area contributed by atoms with Gasteiger partial charge in [-0.1, -0.05) is 0 Å². The van der Waals surface area contributed by atoms with Crippen molar-refractivity contribution in [2.24, 2.45) is 17.6 Å². The number of phenolic OH excluding ortho intramolecular Hbond substituents is 1. The minimum Gasteiger partial charge on any atom is -0.510 e. The van der Waals surface area contributed by atoms with Crippen LogP contribution in [0.1, 0.15) is 33.5 Å². The highest BCUT2D eigenvalue weighted by Crippen LogP contribution is 2.52. The molecule has 1 amide bonds. The van der Waals surface area contributed by atoms with Crippen molar-refractivity contribution in [2.75, 3.05) is 19.4 Å². The number of nitrogens with two attached hydrogens (primary N) is 1. The molecule has 7 N–H and O–H groups in total. The van der Waals surface area contributed by atoms with E-state index in [0.29, 0.717) is 12.1 Å². The minimum atomic E-state index is -2.65. The molecule has 0 radical (unpaired) electrons. The van der Waals surface area contributed by atoms with Gasteiger partial charge in [0.1, 0.15) is 22.8 Å². The van der Waals surface area contributed by atoms with Crippen molar-refractivity contribution >= 4 is 23.2 Å². The van der Waals surface area contributed by atoms with Crippen molar-refractivity contribution in [1.29, 1.82) is 0 Å². The molecule has 1 aromatic heterocycles. The number of anilines is 1. The van der Waals surface area contributed by atoms with Crippen LogP contribution in [0.4, 0.5) is 5.69 Å². The highest BCUT2D eigenvalue weighted by Gasteiger charge is 2.63. The Bertz CT molecular complexity index is 1480. The number of aliphatic hydroxyl groups is 3. The van der Waals surface area contributed by atoms with E-state index in [1.807, 2.05) is 13.0 Å². The number of ketones is 2. The van der Waals surface area contributed by atoms with Gasteiger partial charge in [0, 0.05) is 30.4 Å². The topological polar surface area (TPSA) is 186 Å². The number of fused-ring (bicyclic) bond motifs is 3. The summed E-state index contributed by atoms with van der Waals surface area (Å²) in [4.78, 5) is 44.8. The van der Waals surface area contributed by atoms with Crippen LogP contribution in [0.25, 0.3) is 0 Å². The third-order valence-electron chi connectivity index (χ3n) is 8.26. The van der Waals surface area contributed by atoms with Gasteiger partial charge in [-0.05, 0) is 74.7 Å². The number of aliphatic hydroxyl groups excluding tert-OH is 2. The second-order valence-corrected chi connectivity index (χ2v) is 10.6. The van der Waals surface area contributed by atoms with Gasteiger partial charge in [-0.3, -0.25) is 24.3 Å². The molecule has 1 aromatic carbocycles. The smallest absolute Gasteiger partial charge is 0.255 e. The number of rotatable bonds is 5. The fraction of sp³-hybridized carbons (Fsp3) is 0.357. The Labute approximate surface area is 224 Å². The van der Waals surface area contributed by atoms with Gasteiger partial charge >= 0.3 is 0 Å². The predicted octanol–water partition coefficient (Wildman–Crippen LogP) is 1.44. The number of amides is 1. The SMILES string of the molecule is Cc1c(CNc2cccnc2)cc(O)c2c1C[C@H]1C[C@H]3[C@H](N(C)C)C(O)=C(C(N)=O)C(=O)[C@@]3(O)C(O)=C1C2=O. The fourth-order valence-corrected chi connectivity index (χ4v) is 6.39. The molecule has 0 saturated carbocycles. The molecule has 0 saturated heterocycles. The molecule has 0 spiro atoms. The maximum atomic E-state index is 13.8. The molecule has 0 bridgehead atoms. The van der Waals surface area contributed by atoms with Gasteiger partial charge < -0.3 is 31.5 Å². The average molecular weight is 535 g/mol. The summed E-state index contributed by atoms with van der Waals surface area (Å²) in [5.74, 6) is -6.64. The molecule has 4 atom stereocenters. The Balaban J connectivity index is 1.61. The molecule has 39 heavy (non-hydrogen) atoms. The zero-order chi connectivity index (χ0) is 28.4. The number of allylic oxidation sites excluding steroid dienone is 1. The van der Waals surface area contributed by atoms with Gasteiger partial charge in [-0.2, -0.15) is 0 Å². The second kappa shape index (κ2) is 9.21. The van der Waals surface area contributed by atoms with Crippen LogP contribution in [0.15, 0.2) is 53.3 Å². The highest BCUT2D eigenvalue weighted by atomic mass is 16.3.